The van der Waals surface area contributed by atoms with E-state index in [9.17, 15) is 4.79 Å². The SMILES string of the molecule is CCC(C)NC(=O)c1cnc(N2CCN(c3ncccn3)CC2)nc1. The zero-order valence-electron chi connectivity index (χ0n) is 14.6. The number of nitrogens with zero attached hydrogens (tertiary/aromatic N) is 6. The Balaban J connectivity index is 1.58. The molecule has 0 saturated carbocycles. The second kappa shape index (κ2) is 7.87. The first-order valence-corrected chi connectivity index (χ1v) is 8.57. The summed E-state index contributed by atoms with van der Waals surface area (Å²) in [5, 5.41) is 2.92. The number of carbonyl (C=O) groups is 1. The van der Waals surface area contributed by atoms with Gasteiger partial charge in [0.05, 0.1) is 5.56 Å². The Labute approximate surface area is 147 Å². The zero-order valence-corrected chi connectivity index (χ0v) is 14.6. The van der Waals surface area contributed by atoms with Crippen LogP contribution in [0.4, 0.5) is 11.9 Å². The van der Waals surface area contributed by atoms with Gasteiger partial charge in [-0.3, -0.25) is 4.79 Å². The van der Waals surface area contributed by atoms with Crippen molar-refractivity contribution in [2.24, 2.45) is 0 Å². The van der Waals surface area contributed by atoms with Crippen LogP contribution < -0.4 is 15.1 Å². The Morgan fingerprint density at radius 2 is 1.56 bits per heavy atom. The third-order valence-corrected chi connectivity index (χ3v) is 4.29. The van der Waals surface area contributed by atoms with Crippen LogP contribution in [0.5, 0.6) is 0 Å². The average molecular weight is 341 g/mol. The molecular weight excluding hydrogens is 318 g/mol. The number of carbonyl (C=O) groups excluding carboxylic acids is 1. The van der Waals surface area contributed by atoms with E-state index in [4.69, 9.17) is 0 Å². The molecule has 0 aromatic carbocycles. The molecular formula is C17H23N7O. The van der Waals surface area contributed by atoms with Crippen LogP contribution in [-0.2, 0) is 0 Å². The number of hydrogen-bond donors (Lipinski definition) is 1. The van der Waals surface area contributed by atoms with Crippen molar-refractivity contribution in [3.63, 3.8) is 0 Å². The first-order chi connectivity index (χ1) is 12.2. The summed E-state index contributed by atoms with van der Waals surface area (Å²) in [5.74, 6) is 1.26. The van der Waals surface area contributed by atoms with E-state index in [1.165, 1.54) is 0 Å². The summed E-state index contributed by atoms with van der Waals surface area (Å²) in [6.07, 6.45) is 7.57. The van der Waals surface area contributed by atoms with E-state index < -0.39 is 0 Å². The van der Waals surface area contributed by atoms with Crippen molar-refractivity contribution in [3.05, 3.63) is 36.4 Å². The highest BCUT2D eigenvalue weighted by Gasteiger charge is 2.21. The Kier molecular flexibility index (Phi) is 5.37. The molecule has 2 aromatic rings. The molecule has 2 aromatic heterocycles. The topological polar surface area (TPSA) is 87.1 Å². The second-order valence-corrected chi connectivity index (χ2v) is 6.08. The molecule has 3 heterocycles. The van der Waals surface area contributed by atoms with Crippen molar-refractivity contribution in [2.45, 2.75) is 26.3 Å². The molecule has 1 amide bonds. The molecule has 1 N–H and O–H groups in total. The van der Waals surface area contributed by atoms with Crippen molar-refractivity contribution in [2.75, 3.05) is 36.0 Å². The maximum Gasteiger partial charge on any atom is 0.254 e. The van der Waals surface area contributed by atoms with Gasteiger partial charge in [-0.15, -0.1) is 0 Å². The van der Waals surface area contributed by atoms with E-state index in [0.29, 0.717) is 11.5 Å². The quantitative estimate of drug-likeness (QED) is 0.872. The van der Waals surface area contributed by atoms with Gasteiger partial charge in [-0.1, -0.05) is 6.92 Å². The largest absolute Gasteiger partial charge is 0.350 e. The molecule has 0 bridgehead atoms. The predicted molar refractivity (Wildman–Crippen MR) is 95.7 cm³/mol. The summed E-state index contributed by atoms with van der Waals surface area (Å²) in [7, 11) is 0. The number of piperazine rings is 1. The summed E-state index contributed by atoms with van der Waals surface area (Å²) in [5.41, 5.74) is 0.486. The predicted octanol–water partition coefficient (Wildman–Crippen LogP) is 1.12. The lowest BCUT2D eigenvalue weighted by Crippen LogP contribution is -2.47. The molecule has 0 radical (unpaired) electrons. The fourth-order valence-electron chi connectivity index (χ4n) is 2.57. The van der Waals surface area contributed by atoms with E-state index in [1.54, 1.807) is 24.8 Å². The van der Waals surface area contributed by atoms with Gasteiger partial charge in [-0.25, -0.2) is 19.9 Å². The van der Waals surface area contributed by atoms with Crippen molar-refractivity contribution in [3.8, 4) is 0 Å². The summed E-state index contributed by atoms with van der Waals surface area (Å²) in [4.78, 5) is 33.6. The first-order valence-electron chi connectivity index (χ1n) is 8.57. The zero-order chi connectivity index (χ0) is 17.6. The summed E-state index contributed by atoms with van der Waals surface area (Å²) < 4.78 is 0. The molecule has 0 aliphatic carbocycles. The second-order valence-electron chi connectivity index (χ2n) is 6.08. The Hall–Kier alpha value is -2.77. The van der Waals surface area contributed by atoms with E-state index in [1.807, 2.05) is 19.9 Å². The van der Waals surface area contributed by atoms with Crippen LogP contribution in [0.1, 0.15) is 30.6 Å². The lowest BCUT2D eigenvalue weighted by Gasteiger charge is -2.34. The minimum absolute atomic E-state index is 0.132. The monoisotopic (exact) mass is 341 g/mol. The van der Waals surface area contributed by atoms with E-state index in [2.05, 4.69) is 35.1 Å². The molecule has 132 valence electrons. The molecule has 1 saturated heterocycles. The van der Waals surface area contributed by atoms with Gasteiger partial charge < -0.3 is 15.1 Å². The van der Waals surface area contributed by atoms with E-state index >= 15 is 0 Å². The van der Waals surface area contributed by atoms with E-state index in [0.717, 1.165) is 38.5 Å². The number of anilines is 2. The van der Waals surface area contributed by atoms with Crippen LogP contribution >= 0.6 is 0 Å². The minimum atomic E-state index is -0.132. The number of nitrogens with one attached hydrogen (secondary N) is 1. The molecule has 1 unspecified atom stereocenters. The van der Waals surface area contributed by atoms with Gasteiger partial charge in [0.15, 0.2) is 0 Å². The summed E-state index contributed by atoms with van der Waals surface area (Å²) in [6, 6.07) is 1.95. The van der Waals surface area contributed by atoms with Gasteiger partial charge in [-0.05, 0) is 19.4 Å². The van der Waals surface area contributed by atoms with Crippen LogP contribution in [0, 0.1) is 0 Å². The third-order valence-electron chi connectivity index (χ3n) is 4.29. The molecule has 0 spiro atoms. The highest BCUT2D eigenvalue weighted by Crippen LogP contribution is 2.14. The molecule has 1 aliphatic heterocycles. The number of hydrogen-bond acceptors (Lipinski definition) is 7. The Bertz CT molecular complexity index is 684. The maximum atomic E-state index is 12.1. The van der Waals surface area contributed by atoms with Gasteiger partial charge in [-0.2, -0.15) is 0 Å². The van der Waals surface area contributed by atoms with Gasteiger partial charge in [0, 0.05) is 57.0 Å². The van der Waals surface area contributed by atoms with Gasteiger partial charge >= 0.3 is 0 Å². The molecule has 1 fully saturated rings. The normalized spacial score (nSPS) is 15.8. The molecule has 8 heteroatoms. The lowest BCUT2D eigenvalue weighted by atomic mass is 10.2. The smallest absolute Gasteiger partial charge is 0.254 e. The van der Waals surface area contributed by atoms with Gasteiger partial charge in [0.2, 0.25) is 11.9 Å². The molecule has 1 atom stereocenters. The fourth-order valence-corrected chi connectivity index (χ4v) is 2.57. The number of aromatic nitrogens is 4. The minimum Gasteiger partial charge on any atom is -0.350 e. The number of rotatable bonds is 5. The fraction of sp³-hybridized carbons (Fsp3) is 0.471. The lowest BCUT2D eigenvalue weighted by molar-refractivity contribution is 0.0938. The van der Waals surface area contributed by atoms with E-state index in [-0.39, 0.29) is 11.9 Å². The van der Waals surface area contributed by atoms with Crippen molar-refractivity contribution >= 4 is 17.8 Å². The van der Waals surface area contributed by atoms with Crippen LogP contribution in [0.25, 0.3) is 0 Å². The molecule has 1 aliphatic rings. The van der Waals surface area contributed by atoms with Gasteiger partial charge in [0.25, 0.3) is 5.91 Å². The molecule has 25 heavy (non-hydrogen) atoms. The van der Waals surface area contributed by atoms with Crippen LogP contribution in [0.3, 0.4) is 0 Å². The van der Waals surface area contributed by atoms with Crippen LogP contribution in [-0.4, -0.2) is 58.1 Å². The van der Waals surface area contributed by atoms with Crippen molar-refractivity contribution < 1.29 is 4.79 Å². The Morgan fingerprint density at radius 1 is 1.04 bits per heavy atom. The average Bonchev–Trinajstić information content (AvgIpc) is 2.69. The highest BCUT2D eigenvalue weighted by atomic mass is 16.1. The standard InChI is InChI=1S/C17H23N7O/c1-3-13(2)22-15(25)14-11-20-17(21-12-14)24-9-7-23(8-10-24)16-18-5-4-6-19-16/h4-6,11-13H,3,7-10H2,1-2H3,(H,22,25). The molecule has 8 nitrogen and oxygen atoms in total. The molecule has 3 rings (SSSR count). The maximum absolute atomic E-state index is 12.1. The summed E-state index contributed by atoms with van der Waals surface area (Å²) >= 11 is 0. The first kappa shape index (κ1) is 17.1. The Morgan fingerprint density at radius 3 is 2.08 bits per heavy atom. The summed E-state index contributed by atoms with van der Waals surface area (Å²) in [6.45, 7) is 7.20. The van der Waals surface area contributed by atoms with Gasteiger partial charge in [0.1, 0.15) is 0 Å². The highest BCUT2D eigenvalue weighted by molar-refractivity contribution is 5.93. The van der Waals surface area contributed by atoms with Crippen molar-refractivity contribution in [1.82, 2.24) is 25.3 Å². The number of amides is 1. The van der Waals surface area contributed by atoms with Crippen molar-refractivity contribution in [1.29, 1.82) is 0 Å². The third kappa shape index (κ3) is 4.20. The van der Waals surface area contributed by atoms with Crippen LogP contribution in [0.15, 0.2) is 30.9 Å². The van der Waals surface area contributed by atoms with Crippen LogP contribution in [0.2, 0.25) is 0 Å².